The summed E-state index contributed by atoms with van der Waals surface area (Å²) in [6.45, 7) is 3.62. The number of nitrogens with one attached hydrogen (secondary N) is 2. The first-order valence-electron chi connectivity index (χ1n) is 9.61. The van der Waals surface area contributed by atoms with E-state index in [9.17, 15) is 22.8 Å². The lowest BCUT2D eigenvalue weighted by atomic mass is 9.69. The molecule has 1 aliphatic carbocycles. The number of hydrogen-bond acceptors (Lipinski definition) is 5. The maximum absolute atomic E-state index is 13.1. The second kappa shape index (κ2) is 8.14. The summed E-state index contributed by atoms with van der Waals surface area (Å²) in [7, 11) is 0. The van der Waals surface area contributed by atoms with Gasteiger partial charge in [-0.3, -0.25) is 9.59 Å². The van der Waals surface area contributed by atoms with Gasteiger partial charge in [0.25, 0.3) is 5.91 Å². The molecule has 2 amide bonds. The molecule has 3 rings (SSSR count). The summed E-state index contributed by atoms with van der Waals surface area (Å²) in [5.41, 5.74) is -0.414. The van der Waals surface area contributed by atoms with Gasteiger partial charge in [0.1, 0.15) is 11.6 Å². The third kappa shape index (κ3) is 4.13. The van der Waals surface area contributed by atoms with Crippen LogP contribution in [-0.2, 0) is 16.1 Å². The molecule has 2 unspecified atom stereocenters. The third-order valence-corrected chi connectivity index (χ3v) is 5.91. The lowest BCUT2D eigenvalue weighted by Crippen LogP contribution is -2.53. The van der Waals surface area contributed by atoms with Crippen LogP contribution in [0.15, 0.2) is 23.1 Å². The van der Waals surface area contributed by atoms with E-state index >= 15 is 0 Å². The molecule has 168 valence electrons. The second-order valence-electron chi connectivity index (χ2n) is 7.94. The molecule has 1 aromatic rings. The number of fused-ring (bicyclic) bond motifs is 1. The lowest BCUT2D eigenvalue weighted by Gasteiger charge is -2.47. The third-order valence-electron chi connectivity index (χ3n) is 5.61. The second-order valence-corrected chi connectivity index (χ2v) is 8.39. The van der Waals surface area contributed by atoms with Crippen LogP contribution >= 0.6 is 11.6 Å². The van der Waals surface area contributed by atoms with Crippen molar-refractivity contribution in [2.45, 2.75) is 46.0 Å². The van der Waals surface area contributed by atoms with Crippen LogP contribution in [0.1, 0.15) is 43.1 Å². The van der Waals surface area contributed by atoms with Crippen LogP contribution in [0.25, 0.3) is 0 Å². The Bertz CT molecular complexity index is 963. The molecule has 2 heterocycles. The number of anilines is 1. The molecule has 7 nitrogen and oxygen atoms in total. The summed E-state index contributed by atoms with van der Waals surface area (Å²) >= 11 is 6.02. The van der Waals surface area contributed by atoms with Crippen LogP contribution in [0.5, 0.6) is 0 Å². The van der Waals surface area contributed by atoms with Gasteiger partial charge in [-0.25, -0.2) is 4.98 Å². The first-order valence-corrected chi connectivity index (χ1v) is 9.99. The maximum atomic E-state index is 13.1. The number of amides is 2. The summed E-state index contributed by atoms with van der Waals surface area (Å²) in [6, 6.07) is 0.807. The van der Waals surface area contributed by atoms with Gasteiger partial charge in [0.15, 0.2) is 6.61 Å². The molecule has 0 bridgehead atoms. The van der Waals surface area contributed by atoms with Gasteiger partial charge in [0.2, 0.25) is 5.91 Å². The number of aromatic nitrogens is 1. The predicted molar refractivity (Wildman–Crippen MR) is 108 cm³/mol. The molecule has 0 radical (unpaired) electrons. The van der Waals surface area contributed by atoms with Crippen LogP contribution in [-0.4, -0.2) is 46.7 Å². The average Bonchev–Trinajstić information content (AvgIpc) is 3.02. The Kier molecular flexibility index (Phi) is 6.05. The Balaban J connectivity index is 1.87. The predicted octanol–water partition coefficient (Wildman–Crippen LogP) is 4.09. The van der Waals surface area contributed by atoms with Crippen LogP contribution in [0.4, 0.5) is 19.0 Å². The molecule has 2 aliphatic rings. The molecule has 0 saturated heterocycles. The fourth-order valence-electron chi connectivity index (χ4n) is 3.71. The minimum absolute atomic E-state index is 0.0800. The Hall–Kier alpha value is -2.62. The largest absolute Gasteiger partial charge is 0.486 e. The SMILES string of the molecule is CC(C)C(=O)Nc1nccc2c1CN(C(C)C1(C=N)CC(Cl)=C1OCC(F)(F)F)C2=O. The van der Waals surface area contributed by atoms with Crippen molar-refractivity contribution in [1.29, 1.82) is 5.41 Å². The van der Waals surface area contributed by atoms with E-state index in [1.807, 2.05) is 0 Å². The Labute approximate surface area is 182 Å². The molecule has 2 N–H and O–H groups in total. The highest BCUT2D eigenvalue weighted by Crippen LogP contribution is 2.52. The number of pyridine rings is 1. The topological polar surface area (TPSA) is 95.4 Å². The number of nitrogens with zero attached hydrogens (tertiary/aromatic N) is 2. The van der Waals surface area contributed by atoms with Crippen molar-refractivity contribution >= 4 is 35.4 Å². The quantitative estimate of drug-likeness (QED) is 0.601. The van der Waals surface area contributed by atoms with E-state index in [1.165, 1.54) is 17.2 Å². The molecular weight excluding hydrogens is 437 g/mol. The Morgan fingerprint density at radius 1 is 1.45 bits per heavy atom. The zero-order valence-electron chi connectivity index (χ0n) is 17.1. The van der Waals surface area contributed by atoms with Gasteiger partial charge in [0.05, 0.1) is 17.0 Å². The summed E-state index contributed by atoms with van der Waals surface area (Å²) in [4.78, 5) is 30.8. The number of carbonyl (C=O) groups is 2. The van der Waals surface area contributed by atoms with Crippen LogP contribution in [0.3, 0.4) is 0 Å². The summed E-state index contributed by atoms with van der Waals surface area (Å²) in [5.74, 6) is -0.804. The first-order chi connectivity index (χ1) is 14.4. The van der Waals surface area contributed by atoms with Gasteiger partial charge in [0, 0.05) is 41.9 Å². The van der Waals surface area contributed by atoms with Crippen LogP contribution < -0.4 is 5.32 Å². The lowest BCUT2D eigenvalue weighted by molar-refractivity contribution is -0.170. The average molecular weight is 459 g/mol. The van der Waals surface area contributed by atoms with Crippen LogP contribution in [0, 0.1) is 16.7 Å². The molecular formula is C20H22ClF3N4O3. The highest BCUT2D eigenvalue weighted by atomic mass is 35.5. The van der Waals surface area contributed by atoms with Crippen molar-refractivity contribution in [3.8, 4) is 0 Å². The van der Waals surface area contributed by atoms with E-state index in [1.54, 1.807) is 20.8 Å². The summed E-state index contributed by atoms with van der Waals surface area (Å²) < 4.78 is 42.9. The minimum Gasteiger partial charge on any atom is -0.486 e. The highest BCUT2D eigenvalue weighted by molar-refractivity contribution is 6.31. The molecule has 11 heteroatoms. The van der Waals surface area contributed by atoms with Crippen molar-refractivity contribution in [3.63, 3.8) is 0 Å². The van der Waals surface area contributed by atoms with Gasteiger partial charge in [-0.05, 0) is 13.0 Å². The van der Waals surface area contributed by atoms with E-state index < -0.39 is 24.2 Å². The minimum atomic E-state index is -4.56. The van der Waals surface area contributed by atoms with Crippen molar-refractivity contribution in [3.05, 3.63) is 34.2 Å². The van der Waals surface area contributed by atoms with Gasteiger partial charge >= 0.3 is 6.18 Å². The molecule has 0 saturated carbocycles. The van der Waals surface area contributed by atoms with Crippen molar-refractivity contribution in [2.24, 2.45) is 11.3 Å². The van der Waals surface area contributed by atoms with E-state index in [0.29, 0.717) is 11.1 Å². The normalized spacial score (nSPS) is 21.7. The van der Waals surface area contributed by atoms with Gasteiger partial charge in [-0.2, -0.15) is 13.2 Å². The first kappa shape index (κ1) is 23.1. The number of allylic oxidation sites excluding steroid dienone is 1. The van der Waals surface area contributed by atoms with E-state index in [-0.39, 0.29) is 47.3 Å². The number of carbonyl (C=O) groups excluding carboxylic acids is 2. The molecule has 31 heavy (non-hydrogen) atoms. The van der Waals surface area contributed by atoms with Gasteiger partial charge in [-0.15, -0.1) is 0 Å². The van der Waals surface area contributed by atoms with Gasteiger partial charge in [-0.1, -0.05) is 25.4 Å². The van der Waals surface area contributed by atoms with Gasteiger partial charge < -0.3 is 20.4 Å². The summed E-state index contributed by atoms with van der Waals surface area (Å²) in [5, 5.41) is 10.7. The number of halogens is 4. The monoisotopic (exact) mass is 458 g/mol. The summed E-state index contributed by atoms with van der Waals surface area (Å²) in [6.07, 6.45) is -2.09. The van der Waals surface area contributed by atoms with Crippen molar-refractivity contribution in [1.82, 2.24) is 9.88 Å². The zero-order chi connectivity index (χ0) is 23.1. The molecule has 0 fully saturated rings. The molecule has 0 spiro atoms. The fourth-order valence-corrected chi connectivity index (χ4v) is 4.17. The van der Waals surface area contributed by atoms with Crippen molar-refractivity contribution in [2.75, 3.05) is 11.9 Å². The van der Waals surface area contributed by atoms with Crippen LogP contribution in [0.2, 0.25) is 0 Å². The Morgan fingerprint density at radius 3 is 2.68 bits per heavy atom. The molecule has 2 atom stereocenters. The van der Waals surface area contributed by atoms with Crippen molar-refractivity contribution < 1.29 is 27.5 Å². The number of alkyl halides is 3. The highest BCUT2D eigenvalue weighted by Gasteiger charge is 2.54. The smallest absolute Gasteiger partial charge is 0.422 e. The number of rotatable bonds is 7. The number of hydrogen-bond donors (Lipinski definition) is 2. The number of ether oxygens (including phenoxy) is 1. The van der Waals surface area contributed by atoms with E-state index in [4.69, 9.17) is 21.7 Å². The standard InChI is InChI=1S/C20H22ClF3N4O3/c1-10(2)17(29)27-16-13-7-28(18(30)12(13)4-5-26-16)11(3)19(8-25)6-14(21)15(19)31-9-20(22,23)24/h4-5,8,10-11,25H,6-7,9H2,1-3H3,(H,26,27,29). The van der Waals surface area contributed by atoms with E-state index in [0.717, 1.165) is 6.21 Å². The Morgan fingerprint density at radius 2 is 2.13 bits per heavy atom. The molecule has 1 aliphatic heterocycles. The fraction of sp³-hybridized carbons (Fsp3) is 0.500. The maximum Gasteiger partial charge on any atom is 0.422 e. The van der Waals surface area contributed by atoms with E-state index in [2.05, 4.69) is 10.3 Å². The zero-order valence-corrected chi connectivity index (χ0v) is 17.9. The molecule has 0 aromatic carbocycles. The molecule has 1 aromatic heterocycles.